The van der Waals surface area contributed by atoms with Crippen LogP contribution in [-0.2, 0) is 0 Å². The minimum absolute atomic E-state index is 0.0164. The lowest BCUT2D eigenvalue weighted by Gasteiger charge is -2.06. The summed E-state index contributed by atoms with van der Waals surface area (Å²) in [6, 6.07) is 11.0. The molecule has 0 aliphatic heterocycles. The lowest BCUT2D eigenvalue weighted by molar-refractivity contribution is 0.296. The van der Waals surface area contributed by atoms with Gasteiger partial charge in [-0.25, -0.2) is 4.98 Å². The second kappa shape index (κ2) is 6.89. The molecule has 2 rings (SSSR count). The quantitative estimate of drug-likeness (QED) is 0.497. The zero-order valence-corrected chi connectivity index (χ0v) is 11.5. The van der Waals surface area contributed by atoms with Gasteiger partial charge in [-0.1, -0.05) is 42.1 Å². The van der Waals surface area contributed by atoms with Crippen molar-refractivity contribution in [1.29, 1.82) is 5.26 Å². The molecule has 5 nitrogen and oxygen atoms in total. The van der Waals surface area contributed by atoms with E-state index in [4.69, 9.17) is 10.4 Å². The second-order valence-corrected chi connectivity index (χ2v) is 5.08. The number of nitrogens with one attached hydrogen (secondary N) is 1. The van der Waals surface area contributed by atoms with Crippen molar-refractivity contribution in [3.8, 4) is 17.3 Å². The number of hydrogen-bond donors (Lipinski definition) is 2. The van der Waals surface area contributed by atoms with Crippen molar-refractivity contribution >= 4 is 11.8 Å². The first kappa shape index (κ1) is 14.3. The number of nitriles is 1. The number of H-pyrrole nitrogens is 1. The molecule has 0 amide bonds. The Morgan fingerprint density at radius 1 is 1.35 bits per heavy atom. The SMILES string of the molecule is N#Cc1c(-c2ccccc2)nc(SCCCO)[nH]c1=O. The summed E-state index contributed by atoms with van der Waals surface area (Å²) in [5.74, 6) is 0.652. The Labute approximate surface area is 120 Å². The molecule has 1 aromatic carbocycles. The summed E-state index contributed by atoms with van der Waals surface area (Å²) in [5, 5.41) is 18.3. The van der Waals surface area contributed by atoms with E-state index in [1.54, 1.807) is 0 Å². The van der Waals surface area contributed by atoms with E-state index in [1.807, 2.05) is 36.4 Å². The Bertz CT molecular complexity index is 677. The van der Waals surface area contributed by atoms with E-state index in [-0.39, 0.29) is 12.2 Å². The summed E-state index contributed by atoms with van der Waals surface area (Å²) in [5.41, 5.74) is 0.707. The summed E-state index contributed by atoms with van der Waals surface area (Å²) in [4.78, 5) is 18.9. The number of rotatable bonds is 5. The van der Waals surface area contributed by atoms with Crippen LogP contribution >= 0.6 is 11.8 Å². The number of thioether (sulfide) groups is 1. The van der Waals surface area contributed by atoms with E-state index in [0.29, 0.717) is 23.0 Å². The third kappa shape index (κ3) is 3.26. The molecular weight excluding hydrogens is 274 g/mol. The predicted molar refractivity (Wildman–Crippen MR) is 77.4 cm³/mol. The van der Waals surface area contributed by atoms with Crippen molar-refractivity contribution in [2.24, 2.45) is 0 Å². The van der Waals surface area contributed by atoms with Crippen LogP contribution in [0.2, 0.25) is 0 Å². The normalized spacial score (nSPS) is 10.2. The van der Waals surface area contributed by atoms with E-state index >= 15 is 0 Å². The molecule has 1 heterocycles. The Morgan fingerprint density at radius 2 is 2.10 bits per heavy atom. The van der Waals surface area contributed by atoms with E-state index in [0.717, 1.165) is 5.56 Å². The van der Waals surface area contributed by atoms with Crippen molar-refractivity contribution in [2.75, 3.05) is 12.4 Å². The lowest BCUT2D eigenvalue weighted by Crippen LogP contribution is -2.14. The number of aliphatic hydroxyl groups is 1. The van der Waals surface area contributed by atoms with Crippen molar-refractivity contribution in [2.45, 2.75) is 11.6 Å². The third-order valence-corrected chi connectivity index (χ3v) is 3.56. The van der Waals surface area contributed by atoms with Crippen LogP contribution in [0.25, 0.3) is 11.3 Å². The van der Waals surface area contributed by atoms with Gasteiger partial charge in [-0.3, -0.25) is 4.79 Å². The summed E-state index contributed by atoms with van der Waals surface area (Å²) in [6.45, 7) is 0.0963. The largest absolute Gasteiger partial charge is 0.396 e. The molecule has 0 unspecified atom stereocenters. The number of aliphatic hydroxyl groups excluding tert-OH is 1. The van der Waals surface area contributed by atoms with Crippen LogP contribution in [0.1, 0.15) is 12.0 Å². The minimum Gasteiger partial charge on any atom is -0.396 e. The molecule has 6 heteroatoms. The number of aromatic amines is 1. The van der Waals surface area contributed by atoms with Gasteiger partial charge in [-0.15, -0.1) is 0 Å². The molecule has 0 saturated heterocycles. The van der Waals surface area contributed by atoms with Gasteiger partial charge in [0.1, 0.15) is 11.6 Å². The molecule has 0 spiro atoms. The Hall–Kier alpha value is -2.10. The summed E-state index contributed by atoms with van der Waals surface area (Å²) in [6.07, 6.45) is 0.620. The molecule has 0 aliphatic rings. The molecular formula is C14H13N3O2S. The van der Waals surface area contributed by atoms with Gasteiger partial charge in [0.15, 0.2) is 5.16 Å². The molecule has 2 aromatic rings. The molecule has 2 N–H and O–H groups in total. The van der Waals surface area contributed by atoms with Crippen LogP contribution < -0.4 is 5.56 Å². The smallest absolute Gasteiger partial charge is 0.270 e. The van der Waals surface area contributed by atoms with Crippen LogP contribution in [-0.4, -0.2) is 27.4 Å². The van der Waals surface area contributed by atoms with Crippen molar-refractivity contribution in [3.05, 3.63) is 46.2 Å². The van der Waals surface area contributed by atoms with Crippen LogP contribution in [0.4, 0.5) is 0 Å². The highest BCUT2D eigenvalue weighted by Gasteiger charge is 2.13. The van der Waals surface area contributed by atoms with Crippen LogP contribution in [0.15, 0.2) is 40.3 Å². The summed E-state index contributed by atoms with van der Waals surface area (Å²) in [7, 11) is 0. The van der Waals surface area contributed by atoms with E-state index < -0.39 is 5.56 Å². The van der Waals surface area contributed by atoms with Gasteiger partial charge in [0.25, 0.3) is 5.56 Å². The maximum atomic E-state index is 11.9. The van der Waals surface area contributed by atoms with Gasteiger partial charge in [0.2, 0.25) is 0 Å². The molecule has 0 aliphatic carbocycles. The summed E-state index contributed by atoms with van der Waals surface area (Å²) >= 11 is 1.35. The average molecular weight is 287 g/mol. The highest BCUT2D eigenvalue weighted by Crippen LogP contribution is 2.21. The zero-order valence-electron chi connectivity index (χ0n) is 10.7. The minimum atomic E-state index is -0.437. The van der Waals surface area contributed by atoms with Crippen LogP contribution in [0.5, 0.6) is 0 Å². The fourth-order valence-corrected chi connectivity index (χ4v) is 2.45. The van der Waals surface area contributed by atoms with Crippen molar-refractivity contribution in [1.82, 2.24) is 9.97 Å². The molecule has 0 bridgehead atoms. The maximum Gasteiger partial charge on any atom is 0.270 e. The number of nitrogens with zero attached hydrogens (tertiary/aromatic N) is 2. The van der Waals surface area contributed by atoms with E-state index in [2.05, 4.69) is 9.97 Å². The molecule has 102 valence electrons. The fraction of sp³-hybridized carbons (Fsp3) is 0.214. The first-order valence-electron chi connectivity index (χ1n) is 6.09. The fourth-order valence-electron chi connectivity index (χ4n) is 1.66. The van der Waals surface area contributed by atoms with Crippen molar-refractivity contribution < 1.29 is 5.11 Å². The highest BCUT2D eigenvalue weighted by atomic mass is 32.2. The molecule has 1 aromatic heterocycles. The lowest BCUT2D eigenvalue weighted by atomic mass is 10.1. The Morgan fingerprint density at radius 3 is 2.75 bits per heavy atom. The molecule has 0 radical (unpaired) electrons. The Kier molecular flexibility index (Phi) is 4.93. The number of aromatic nitrogens is 2. The van der Waals surface area contributed by atoms with E-state index in [1.165, 1.54) is 11.8 Å². The summed E-state index contributed by atoms with van der Waals surface area (Å²) < 4.78 is 0. The first-order chi connectivity index (χ1) is 9.76. The average Bonchev–Trinajstić information content (AvgIpc) is 2.48. The van der Waals surface area contributed by atoms with Crippen molar-refractivity contribution in [3.63, 3.8) is 0 Å². The van der Waals surface area contributed by atoms with Gasteiger partial charge in [-0.2, -0.15) is 5.26 Å². The van der Waals surface area contributed by atoms with Gasteiger partial charge >= 0.3 is 0 Å². The molecule has 0 fully saturated rings. The monoisotopic (exact) mass is 287 g/mol. The van der Waals surface area contributed by atoms with Crippen LogP contribution in [0.3, 0.4) is 0 Å². The number of benzene rings is 1. The van der Waals surface area contributed by atoms with Gasteiger partial charge in [-0.05, 0) is 6.42 Å². The van der Waals surface area contributed by atoms with E-state index in [9.17, 15) is 4.79 Å². The van der Waals surface area contributed by atoms with Crippen LogP contribution in [0, 0.1) is 11.3 Å². The molecule has 0 atom stereocenters. The molecule has 20 heavy (non-hydrogen) atoms. The van der Waals surface area contributed by atoms with Gasteiger partial charge < -0.3 is 10.1 Å². The zero-order chi connectivity index (χ0) is 14.4. The first-order valence-corrected chi connectivity index (χ1v) is 7.08. The standard InChI is InChI=1S/C14H13N3O2S/c15-9-11-12(10-5-2-1-3-6-10)16-14(17-13(11)19)20-8-4-7-18/h1-3,5-6,18H,4,7-8H2,(H,16,17,19). The van der Waals surface area contributed by atoms with Gasteiger partial charge in [0, 0.05) is 17.9 Å². The highest BCUT2D eigenvalue weighted by molar-refractivity contribution is 7.99. The molecule has 0 saturated carbocycles. The second-order valence-electron chi connectivity index (χ2n) is 4.00. The number of hydrogen-bond acceptors (Lipinski definition) is 5. The van der Waals surface area contributed by atoms with Gasteiger partial charge in [0.05, 0.1) is 5.69 Å². The third-order valence-electron chi connectivity index (χ3n) is 2.60. The maximum absolute atomic E-state index is 11.9. The topological polar surface area (TPSA) is 89.8 Å². The predicted octanol–water partition coefficient (Wildman–Crippen LogP) is 1.78. The Balaban J connectivity index is 2.44.